The molecule has 1 aliphatic heterocycles. The van der Waals surface area contributed by atoms with Gasteiger partial charge in [0.05, 0.1) is 11.7 Å². The van der Waals surface area contributed by atoms with Gasteiger partial charge < -0.3 is 10.9 Å². The van der Waals surface area contributed by atoms with E-state index in [2.05, 4.69) is 41.5 Å². The summed E-state index contributed by atoms with van der Waals surface area (Å²) in [6.45, 7) is 14.0. The number of unbranched alkanes of at least 4 members (excludes halogenated alkanes) is 3. The minimum Gasteiger partial charge on any atom is -1.00 e. The zero-order chi connectivity index (χ0) is 22.2. The topological polar surface area (TPSA) is 18.5 Å². The molecule has 0 aromatic rings. The normalized spacial score (nSPS) is 25.2. The Morgan fingerprint density at radius 2 is 0.968 bits per heavy atom. The van der Waals surface area contributed by atoms with Crippen molar-refractivity contribution in [1.29, 1.82) is 0 Å². The molecule has 31 heavy (non-hydrogen) atoms. The summed E-state index contributed by atoms with van der Waals surface area (Å²) in [4.78, 5) is 0. The van der Waals surface area contributed by atoms with E-state index in [4.69, 9.17) is 9.47 Å². The standard InChI is InChI=1S/C27H55O2P.K.H/c1-7-13-16-22(10-4)19-25-28-26(20-23(11-5)17-14-8-2)30-27(29-25)21-24(12-6)18-15-9-3;;/h22-27,30H,7-21H2,1-6H3;;/q;+1;-1. The average molecular weight is 483 g/mol. The zero-order valence-electron chi connectivity index (χ0n) is 23.4. The molecule has 0 radical (unpaired) electrons. The molecule has 1 rings (SSSR count). The van der Waals surface area contributed by atoms with Crippen molar-refractivity contribution in [2.75, 3.05) is 0 Å². The van der Waals surface area contributed by atoms with E-state index in [1.807, 2.05) is 0 Å². The van der Waals surface area contributed by atoms with Crippen molar-refractivity contribution in [3.8, 4) is 0 Å². The zero-order valence-corrected chi connectivity index (χ0v) is 26.5. The molecule has 4 heteroatoms. The fourth-order valence-corrected chi connectivity index (χ4v) is 6.68. The SMILES string of the molecule is CCCCC(CC)CC1OC(CC(CC)CCCC)PC(CC(CC)CCCC)O1.[H-].[K+]. The molecule has 0 bridgehead atoms. The van der Waals surface area contributed by atoms with E-state index < -0.39 is 0 Å². The molecule has 2 nitrogen and oxygen atoms in total. The monoisotopic (exact) mass is 482 g/mol. The Morgan fingerprint density at radius 3 is 1.29 bits per heavy atom. The number of hydrogen-bond acceptors (Lipinski definition) is 2. The summed E-state index contributed by atoms with van der Waals surface area (Å²) in [5, 5.41) is 0. The smallest absolute Gasteiger partial charge is 1.00 e. The van der Waals surface area contributed by atoms with E-state index in [9.17, 15) is 0 Å². The van der Waals surface area contributed by atoms with Crippen LogP contribution in [0.1, 0.15) is 139 Å². The summed E-state index contributed by atoms with van der Waals surface area (Å²) in [6, 6.07) is 0. The molecule has 0 saturated carbocycles. The predicted octanol–water partition coefficient (Wildman–Crippen LogP) is 6.63. The van der Waals surface area contributed by atoms with Crippen molar-refractivity contribution < 1.29 is 62.3 Å². The van der Waals surface area contributed by atoms with Gasteiger partial charge in [-0.05, 0) is 30.6 Å². The number of ether oxygens (including phenoxy) is 2. The van der Waals surface area contributed by atoms with Gasteiger partial charge >= 0.3 is 51.4 Å². The van der Waals surface area contributed by atoms with E-state index in [1.54, 1.807) is 0 Å². The predicted molar refractivity (Wildman–Crippen MR) is 137 cm³/mol. The molecule has 1 aliphatic rings. The molecule has 5 atom stereocenters. The van der Waals surface area contributed by atoms with E-state index >= 15 is 0 Å². The molecule has 0 aliphatic carbocycles. The Labute approximate surface area is 242 Å². The maximum absolute atomic E-state index is 6.63. The minimum atomic E-state index is 0. The second kappa shape index (κ2) is 21.3. The van der Waals surface area contributed by atoms with Gasteiger partial charge in [-0.1, -0.05) is 127 Å². The molecule has 0 aromatic carbocycles. The van der Waals surface area contributed by atoms with Crippen LogP contribution in [-0.4, -0.2) is 18.0 Å². The van der Waals surface area contributed by atoms with Gasteiger partial charge in [0.1, 0.15) is 0 Å². The van der Waals surface area contributed by atoms with Crippen LogP contribution in [0, 0.1) is 17.8 Å². The first-order valence-electron chi connectivity index (χ1n) is 13.7. The van der Waals surface area contributed by atoms with Gasteiger partial charge in [-0.2, -0.15) is 0 Å². The molecule has 182 valence electrons. The van der Waals surface area contributed by atoms with Crippen LogP contribution in [0.5, 0.6) is 0 Å². The summed E-state index contributed by atoms with van der Waals surface area (Å²) in [7, 11) is 0.826. The molecule has 1 fully saturated rings. The first kappa shape index (κ1) is 33.0. The van der Waals surface area contributed by atoms with Gasteiger partial charge in [0.25, 0.3) is 0 Å². The Balaban J connectivity index is 0. The van der Waals surface area contributed by atoms with Gasteiger partial charge in [0.2, 0.25) is 0 Å². The van der Waals surface area contributed by atoms with Crippen molar-refractivity contribution in [3.63, 3.8) is 0 Å². The van der Waals surface area contributed by atoms with Crippen LogP contribution in [0.4, 0.5) is 0 Å². The van der Waals surface area contributed by atoms with Crippen molar-refractivity contribution in [2.24, 2.45) is 17.8 Å². The third-order valence-electron chi connectivity index (χ3n) is 7.25. The average Bonchev–Trinajstić information content (AvgIpc) is 2.76. The molecule has 5 unspecified atom stereocenters. The summed E-state index contributed by atoms with van der Waals surface area (Å²) in [5.74, 6) is 3.27. The molecular formula is C27H56KO2P. The fourth-order valence-electron chi connectivity index (χ4n) is 4.86. The van der Waals surface area contributed by atoms with Crippen molar-refractivity contribution in [2.45, 2.75) is 156 Å². The molecule has 1 heterocycles. The maximum Gasteiger partial charge on any atom is 1.00 e. The maximum atomic E-state index is 6.63. The second-order valence-electron chi connectivity index (χ2n) is 9.80. The van der Waals surface area contributed by atoms with E-state index in [0.717, 1.165) is 32.8 Å². The van der Waals surface area contributed by atoms with Crippen LogP contribution in [0.2, 0.25) is 0 Å². The van der Waals surface area contributed by atoms with Crippen molar-refractivity contribution in [3.05, 3.63) is 0 Å². The van der Waals surface area contributed by atoms with E-state index in [1.165, 1.54) is 89.9 Å². The van der Waals surface area contributed by atoms with Gasteiger partial charge in [-0.3, -0.25) is 0 Å². The van der Waals surface area contributed by atoms with Crippen LogP contribution in [0.3, 0.4) is 0 Å². The Morgan fingerprint density at radius 1 is 0.613 bits per heavy atom. The van der Waals surface area contributed by atoms with Gasteiger partial charge in [0.15, 0.2) is 6.29 Å². The summed E-state index contributed by atoms with van der Waals surface area (Å²) < 4.78 is 13.3. The van der Waals surface area contributed by atoms with E-state index in [-0.39, 0.29) is 59.1 Å². The number of rotatable bonds is 18. The summed E-state index contributed by atoms with van der Waals surface area (Å²) in [5.41, 5.74) is 0. The fraction of sp³-hybridized carbons (Fsp3) is 1.00. The first-order valence-corrected chi connectivity index (χ1v) is 14.8. The largest absolute Gasteiger partial charge is 1.00 e. The Bertz CT molecular complexity index is 339. The Kier molecular flexibility index (Phi) is 22.6. The van der Waals surface area contributed by atoms with Crippen LogP contribution >= 0.6 is 8.58 Å². The van der Waals surface area contributed by atoms with E-state index in [0.29, 0.717) is 11.7 Å². The van der Waals surface area contributed by atoms with Crippen molar-refractivity contribution in [1.82, 2.24) is 0 Å². The third-order valence-corrected chi connectivity index (χ3v) is 8.74. The molecule has 0 spiro atoms. The Hall–Kier alpha value is 1.99. The summed E-state index contributed by atoms with van der Waals surface area (Å²) in [6.07, 6.45) is 19.5. The minimum absolute atomic E-state index is 0. The van der Waals surface area contributed by atoms with Crippen molar-refractivity contribution >= 4 is 8.58 Å². The quantitative estimate of drug-likeness (QED) is 0.161. The van der Waals surface area contributed by atoms with Crippen LogP contribution in [0.25, 0.3) is 0 Å². The molecular weight excluding hydrogens is 426 g/mol. The van der Waals surface area contributed by atoms with Gasteiger partial charge in [0, 0.05) is 6.42 Å². The first-order chi connectivity index (χ1) is 14.6. The third kappa shape index (κ3) is 14.9. The van der Waals surface area contributed by atoms with Crippen LogP contribution in [0.15, 0.2) is 0 Å². The number of hydrogen-bond donors (Lipinski definition) is 0. The van der Waals surface area contributed by atoms with Gasteiger partial charge in [-0.25, -0.2) is 0 Å². The molecule has 0 N–H and O–H groups in total. The second-order valence-corrected chi connectivity index (χ2v) is 11.4. The van der Waals surface area contributed by atoms with Crippen LogP contribution < -0.4 is 51.4 Å². The van der Waals surface area contributed by atoms with Gasteiger partial charge in [-0.15, -0.1) is 0 Å². The molecule has 1 saturated heterocycles. The summed E-state index contributed by atoms with van der Waals surface area (Å²) >= 11 is 0. The van der Waals surface area contributed by atoms with Crippen LogP contribution in [-0.2, 0) is 9.47 Å². The molecule has 0 aromatic heterocycles. The molecule has 0 amide bonds.